The highest BCUT2D eigenvalue weighted by Gasteiger charge is 2.26. The van der Waals surface area contributed by atoms with Crippen molar-refractivity contribution in [1.82, 2.24) is 14.9 Å². The molecule has 3 nitrogen and oxygen atoms in total. The summed E-state index contributed by atoms with van der Waals surface area (Å²) in [7, 11) is 0. The molecule has 18 heavy (non-hydrogen) atoms. The molecule has 0 aromatic carbocycles. The Kier molecular flexibility index (Phi) is 4.27. The van der Waals surface area contributed by atoms with Crippen molar-refractivity contribution in [2.24, 2.45) is 0 Å². The van der Waals surface area contributed by atoms with E-state index in [0.717, 1.165) is 25.2 Å². The first-order chi connectivity index (χ1) is 8.56. The molecule has 2 rings (SSSR count). The molecular formula is C12H18F3N3. The molecule has 1 unspecified atom stereocenters. The van der Waals surface area contributed by atoms with Crippen LogP contribution in [-0.2, 0) is 6.54 Å². The van der Waals surface area contributed by atoms with Crippen molar-refractivity contribution >= 4 is 0 Å². The minimum atomic E-state index is -4.03. The molecule has 1 aliphatic heterocycles. The fourth-order valence-corrected chi connectivity index (χ4v) is 2.37. The predicted octanol–water partition coefficient (Wildman–Crippen LogP) is 2.69. The molecule has 0 spiro atoms. The van der Waals surface area contributed by atoms with Crippen molar-refractivity contribution in [3.8, 4) is 0 Å². The number of hydrogen-bond acceptors (Lipinski definition) is 2. The molecule has 0 saturated carbocycles. The maximum absolute atomic E-state index is 12.0. The molecule has 102 valence electrons. The highest BCUT2D eigenvalue weighted by atomic mass is 19.4. The molecule has 0 radical (unpaired) electrons. The van der Waals surface area contributed by atoms with Crippen molar-refractivity contribution in [2.45, 2.75) is 44.3 Å². The maximum atomic E-state index is 12.0. The van der Waals surface area contributed by atoms with E-state index in [1.807, 2.05) is 10.8 Å². The van der Waals surface area contributed by atoms with Gasteiger partial charge in [0.1, 0.15) is 0 Å². The van der Waals surface area contributed by atoms with E-state index in [2.05, 4.69) is 10.3 Å². The molecule has 0 aliphatic carbocycles. The van der Waals surface area contributed by atoms with Gasteiger partial charge in [0.15, 0.2) is 0 Å². The van der Waals surface area contributed by atoms with Crippen LogP contribution in [0, 0.1) is 0 Å². The van der Waals surface area contributed by atoms with Crippen molar-refractivity contribution < 1.29 is 13.2 Å². The van der Waals surface area contributed by atoms with E-state index in [-0.39, 0.29) is 6.42 Å². The average Bonchev–Trinajstić information content (AvgIpc) is 2.93. The largest absolute Gasteiger partial charge is 0.389 e. The molecule has 1 aromatic rings. The Labute approximate surface area is 104 Å². The summed E-state index contributed by atoms with van der Waals surface area (Å²) in [6, 6.07) is 0. The number of rotatable bonds is 5. The SMILES string of the molecule is FC(F)(F)CCCCn1cncc1C1CCNC1. The zero-order valence-electron chi connectivity index (χ0n) is 10.2. The molecule has 2 heterocycles. The van der Waals surface area contributed by atoms with E-state index < -0.39 is 12.6 Å². The van der Waals surface area contributed by atoms with Crippen LogP contribution in [0.3, 0.4) is 0 Å². The molecule has 0 amide bonds. The second-order valence-corrected chi connectivity index (χ2v) is 4.77. The number of halogens is 3. The van der Waals surface area contributed by atoms with Crippen molar-refractivity contribution in [2.75, 3.05) is 13.1 Å². The Balaban J connectivity index is 1.81. The summed E-state index contributed by atoms with van der Waals surface area (Å²) >= 11 is 0. The monoisotopic (exact) mass is 261 g/mol. The molecular weight excluding hydrogens is 243 g/mol. The summed E-state index contributed by atoms with van der Waals surface area (Å²) in [6.45, 7) is 2.57. The number of nitrogens with one attached hydrogen (secondary N) is 1. The Morgan fingerprint density at radius 1 is 1.39 bits per heavy atom. The number of imidazole rings is 1. The highest BCUT2D eigenvalue weighted by Crippen LogP contribution is 2.24. The van der Waals surface area contributed by atoms with Crippen LogP contribution in [0.5, 0.6) is 0 Å². The van der Waals surface area contributed by atoms with Crippen LogP contribution < -0.4 is 5.32 Å². The topological polar surface area (TPSA) is 29.9 Å². The molecule has 1 atom stereocenters. The van der Waals surface area contributed by atoms with Crippen molar-refractivity contribution in [3.05, 3.63) is 18.2 Å². The molecule has 1 fully saturated rings. The van der Waals surface area contributed by atoms with Crippen molar-refractivity contribution in [3.63, 3.8) is 0 Å². The second kappa shape index (κ2) is 5.73. The third-order valence-electron chi connectivity index (χ3n) is 3.33. The molecule has 1 aliphatic rings. The Bertz CT molecular complexity index is 367. The molecule has 1 aromatic heterocycles. The third kappa shape index (κ3) is 3.73. The van der Waals surface area contributed by atoms with E-state index in [9.17, 15) is 13.2 Å². The normalized spacial score (nSPS) is 20.5. The number of hydrogen-bond donors (Lipinski definition) is 1. The molecule has 0 bridgehead atoms. The Morgan fingerprint density at radius 2 is 2.22 bits per heavy atom. The van der Waals surface area contributed by atoms with Crippen LogP contribution in [0.4, 0.5) is 13.2 Å². The number of aromatic nitrogens is 2. The lowest BCUT2D eigenvalue weighted by molar-refractivity contribution is -0.135. The van der Waals surface area contributed by atoms with Gasteiger partial charge in [0.25, 0.3) is 0 Å². The van der Waals surface area contributed by atoms with E-state index in [4.69, 9.17) is 0 Å². The zero-order chi connectivity index (χ0) is 13.0. The lowest BCUT2D eigenvalue weighted by Gasteiger charge is -2.13. The summed E-state index contributed by atoms with van der Waals surface area (Å²) < 4.78 is 38.1. The lowest BCUT2D eigenvalue weighted by atomic mass is 10.1. The maximum Gasteiger partial charge on any atom is 0.389 e. The molecule has 1 saturated heterocycles. The number of aryl methyl sites for hydroxylation is 1. The summed E-state index contributed by atoms with van der Waals surface area (Å²) in [6.07, 6.45) is 0.638. The van der Waals surface area contributed by atoms with Crippen LogP contribution in [-0.4, -0.2) is 28.8 Å². The average molecular weight is 261 g/mol. The fraction of sp³-hybridized carbons (Fsp3) is 0.750. The summed E-state index contributed by atoms with van der Waals surface area (Å²) in [5, 5.41) is 3.29. The van der Waals surface area contributed by atoms with E-state index in [1.54, 1.807) is 6.33 Å². The van der Waals surface area contributed by atoms with Gasteiger partial charge in [-0.05, 0) is 25.8 Å². The number of nitrogens with zero attached hydrogens (tertiary/aromatic N) is 2. The quantitative estimate of drug-likeness (QED) is 0.826. The Morgan fingerprint density at radius 3 is 2.89 bits per heavy atom. The van der Waals surface area contributed by atoms with Gasteiger partial charge in [0.2, 0.25) is 0 Å². The lowest BCUT2D eigenvalue weighted by Crippen LogP contribution is -2.12. The van der Waals surface area contributed by atoms with E-state index in [0.29, 0.717) is 18.9 Å². The summed E-state index contributed by atoms with van der Waals surface area (Å²) in [4.78, 5) is 4.11. The van der Waals surface area contributed by atoms with Gasteiger partial charge in [-0.15, -0.1) is 0 Å². The minimum Gasteiger partial charge on any atom is -0.334 e. The van der Waals surface area contributed by atoms with Gasteiger partial charge in [-0.3, -0.25) is 0 Å². The molecule has 6 heteroatoms. The van der Waals surface area contributed by atoms with Gasteiger partial charge in [-0.25, -0.2) is 4.98 Å². The van der Waals surface area contributed by atoms with Crippen molar-refractivity contribution in [1.29, 1.82) is 0 Å². The van der Waals surface area contributed by atoms with Crippen LogP contribution in [0.25, 0.3) is 0 Å². The smallest absolute Gasteiger partial charge is 0.334 e. The van der Waals surface area contributed by atoms with Gasteiger partial charge in [-0.1, -0.05) is 0 Å². The first-order valence-corrected chi connectivity index (χ1v) is 6.34. The van der Waals surface area contributed by atoms with Crippen LogP contribution in [0.1, 0.15) is 37.3 Å². The van der Waals surface area contributed by atoms with Crippen LogP contribution in [0.15, 0.2) is 12.5 Å². The van der Waals surface area contributed by atoms with Gasteiger partial charge in [0, 0.05) is 37.3 Å². The van der Waals surface area contributed by atoms with Crippen LogP contribution in [0.2, 0.25) is 0 Å². The first kappa shape index (κ1) is 13.4. The van der Waals surface area contributed by atoms with E-state index in [1.165, 1.54) is 0 Å². The van der Waals surface area contributed by atoms with Crippen LogP contribution >= 0.6 is 0 Å². The van der Waals surface area contributed by atoms with Gasteiger partial charge in [-0.2, -0.15) is 13.2 Å². The predicted molar refractivity (Wildman–Crippen MR) is 62.4 cm³/mol. The standard InChI is InChI=1S/C12H18F3N3/c13-12(14,15)4-1-2-6-18-9-17-8-11(18)10-3-5-16-7-10/h8-10,16H,1-7H2. The third-order valence-corrected chi connectivity index (χ3v) is 3.33. The fourth-order valence-electron chi connectivity index (χ4n) is 2.37. The highest BCUT2D eigenvalue weighted by molar-refractivity contribution is 5.09. The minimum absolute atomic E-state index is 0.185. The Hall–Kier alpha value is -1.04. The number of alkyl halides is 3. The van der Waals surface area contributed by atoms with Gasteiger partial charge >= 0.3 is 6.18 Å². The summed E-state index contributed by atoms with van der Waals surface area (Å²) in [5.74, 6) is 0.454. The van der Waals surface area contributed by atoms with E-state index >= 15 is 0 Å². The van der Waals surface area contributed by atoms with Gasteiger partial charge < -0.3 is 9.88 Å². The zero-order valence-corrected chi connectivity index (χ0v) is 10.2. The summed E-state index contributed by atoms with van der Waals surface area (Å²) in [5.41, 5.74) is 1.15. The van der Waals surface area contributed by atoms with Gasteiger partial charge in [0.05, 0.1) is 6.33 Å². The number of unbranched alkanes of at least 4 members (excludes halogenated alkanes) is 1. The second-order valence-electron chi connectivity index (χ2n) is 4.77. The first-order valence-electron chi connectivity index (χ1n) is 6.34. The molecule has 1 N–H and O–H groups in total.